The van der Waals surface area contributed by atoms with Crippen LogP contribution < -0.4 is 0 Å². The number of carboxylic acid groups (broad SMARTS) is 1. The molecule has 0 aliphatic carbocycles. The second kappa shape index (κ2) is 4.84. The standard InChI is InChI=1S/C13H15NO2/c15-13(16)7-2-1-4-10-5-3-6-12-11(10)8-9-14-12/h3,5-6,8-9,14H,1-2,4,7H2,(H,15,16). The third-order valence-electron chi connectivity index (χ3n) is 2.77. The van der Waals surface area contributed by atoms with Crippen LogP contribution in [0.25, 0.3) is 10.9 Å². The van der Waals surface area contributed by atoms with Gasteiger partial charge in [0.1, 0.15) is 0 Å². The number of H-pyrrole nitrogens is 1. The molecule has 0 saturated heterocycles. The average Bonchev–Trinajstić information content (AvgIpc) is 2.72. The van der Waals surface area contributed by atoms with E-state index in [0.717, 1.165) is 24.8 Å². The lowest BCUT2D eigenvalue weighted by molar-refractivity contribution is -0.137. The fourth-order valence-electron chi connectivity index (χ4n) is 1.96. The quantitative estimate of drug-likeness (QED) is 0.756. The molecule has 1 heterocycles. The molecule has 3 heteroatoms. The van der Waals surface area contributed by atoms with Gasteiger partial charge in [0.25, 0.3) is 0 Å². The normalized spacial score (nSPS) is 10.8. The molecule has 0 bridgehead atoms. The first-order chi connectivity index (χ1) is 7.77. The summed E-state index contributed by atoms with van der Waals surface area (Å²) in [6.07, 6.45) is 4.82. The Morgan fingerprint density at radius 2 is 2.12 bits per heavy atom. The van der Waals surface area contributed by atoms with E-state index in [1.807, 2.05) is 12.3 Å². The fraction of sp³-hybridized carbons (Fsp3) is 0.308. The number of carbonyl (C=O) groups is 1. The van der Waals surface area contributed by atoms with E-state index < -0.39 is 5.97 Å². The minimum Gasteiger partial charge on any atom is -0.481 e. The Kier molecular flexibility index (Phi) is 3.25. The third kappa shape index (κ3) is 2.42. The third-order valence-corrected chi connectivity index (χ3v) is 2.77. The van der Waals surface area contributed by atoms with Crippen LogP contribution in [-0.2, 0) is 11.2 Å². The van der Waals surface area contributed by atoms with E-state index in [-0.39, 0.29) is 6.42 Å². The number of benzene rings is 1. The summed E-state index contributed by atoms with van der Waals surface area (Å²) >= 11 is 0. The Balaban J connectivity index is 1.98. The number of unbranched alkanes of at least 4 members (excludes halogenated alkanes) is 1. The van der Waals surface area contributed by atoms with Gasteiger partial charge in [0.15, 0.2) is 0 Å². The van der Waals surface area contributed by atoms with Crippen molar-refractivity contribution in [1.29, 1.82) is 0 Å². The molecule has 0 saturated carbocycles. The van der Waals surface area contributed by atoms with Crippen LogP contribution >= 0.6 is 0 Å². The van der Waals surface area contributed by atoms with Gasteiger partial charge in [-0.25, -0.2) is 0 Å². The largest absolute Gasteiger partial charge is 0.481 e. The van der Waals surface area contributed by atoms with Gasteiger partial charge >= 0.3 is 5.97 Å². The van der Waals surface area contributed by atoms with E-state index >= 15 is 0 Å². The van der Waals surface area contributed by atoms with Crippen LogP contribution in [0.1, 0.15) is 24.8 Å². The van der Waals surface area contributed by atoms with Crippen LogP contribution in [0.15, 0.2) is 30.5 Å². The molecule has 1 aromatic heterocycles. The molecule has 2 rings (SSSR count). The first-order valence-corrected chi connectivity index (χ1v) is 5.54. The Morgan fingerprint density at radius 3 is 2.94 bits per heavy atom. The summed E-state index contributed by atoms with van der Waals surface area (Å²) in [4.78, 5) is 13.6. The van der Waals surface area contributed by atoms with Crippen LogP contribution in [-0.4, -0.2) is 16.1 Å². The maximum atomic E-state index is 10.4. The van der Waals surface area contributed by atoms with Crippen molar-refractivity contribution >= 4 is 16.9 Å². The summed E-state index contributed by atoms with van der Waals surface area (Å²) < 4.78 is 0. The second-order valence-corrected chi connectivity index (χ2v) is 3.96. The van der Waals surface area contributed by atoms with Gasteiger partial charge in [0.2, 0.25) is 0 Å². The van der Waals surface area contributed by atoms with E-state index in [2.05, 4.69) is 23.2 Å². The zero-order chi connectivity index (χ0) is 11.4. The van der Waals surface area contributed by atoms with Gasteiger partial charge in [0.05, 0.1) is 0 Å². The summed E-state index contributed by atoms with van der Waals surface area (Å²) in [7, 11) is 0. The summed E-state index contributed by atoms with van der Waals surface area (Å²) in [5.74, 6) is -0.708. The SMILES string of the molecule is O=C(O)CCCCc1cccc2[nH]ccc12. The Hall–Kier alpha value is -1.77. The number of rotatable bonds is 5. The molecule has 0 amide bonds. The average molecular weight is 217 g/mol. The van der Waals surface area contributed by atoms with Gasteiger partial charge in [0, 0.05) is 23.5 Å². The van der Waals surface area contributed by atoms with Crippen LogP contribution in [0.2, 0.25) is 0 Å². The molecule has 0 unspecified atom stereocenters. The number of nitrogens with one attached hydrogen (secondary N) is 1. The molecule has 2 aromatic rings. The van der Waals surface area contributed by atoms with Gasteiger partial charge in [-0.05, 0) is 37.0 Å². The van der Waals surface area contributed by atoms with Gasteiger partial charge in [-0.15, -0.1) is 0 Å². The molecule has 3 nitrogen and oxygen atoms in total. The summed E-state index contributed by atoms with van der Waals surface area (Å²) in [5.41, 5.74) is 2.44. The smallest absolute Gasteiger partial charge is 0.303 e. The van der Waals surface area contributed by atoms with Crippen molar-refractivity contribution in [3.63, 3.8) is 0 Å². The molecular formula is C13H15NO2. The van der Waals surface area contributed by atoms with E-state index in [9.17, 15) is 4.79 Å². The first kappa shape index (κ1) is 10.7. The highest BCUT2D eigenvalue weighted by atomic mass is 16.4. The molecular weight excluding hydrogens is 202 g/mol. The number of fused-ring (bicyclic) bond motifs is 1. The molecule has 0 spiro atoms. The van der Waals surface area contributed by atoms with E-state index in [1.165, 1.54) is 10.9 Å². The number of hydrogen-bond acceptors (Lipinski definition) is 1. The van der Waals surface area contributed by atoms with Crippen molar-refractivity contribution in [2.45, 2.75) is 25.7 Å². The lowest BCUT2D eigenvalue weighted by Gasteiger charge is -2.02. The minimum absolute atomic E-state index is 0.267. The summed E-state index contributed by atoms with van der Waals surface area (Å²) in [6, 6.07) is 8.26. The molecule has 2 N–H and O–H groups in total. The van der Waals surface area contributed by atoms with Gasteiger partial charge < -0.3 is 10.1 Å². The molecule has 0 fully saturated rings. The van der Waals surface area contributed by atoms with Crippen molar-refractivity contribution in [3.05, 3.63) is 36.0 Å². The zero-order valence-electron chi connectivity index (χ0n) is 9.07. The lowest BCUT2D eigenvalue weighted by atomic mass is 10.0. The number of aromatic amines is 1. The van der Waals surface area contributed by atoms with E-state index in [1.54, 1.807) is 0 Å². The highest BCUT2D eigenvalue weighted by Gasteiger charge is 2.02. The topological polar surface area (TPSA) is 53.1 Å². The van der Waals surface area contributed by atoms with E-state index in [0.29, 0.717) is 0 Å². The highest BCUT2D eigenvalue weighted by molar-refractivity contribution is 5.82. The maximum absolute atomic E-state index is 10.4. The zero-order valence-corrected chi connectivity index (χ0v) is 9.07. The van der Waals surface area contributed by atoms with Gasteiger partial charge in [-0.1, -0.05) is 12.1 Å². The minimum atomic E-state index is -0.708. The number of aryl methyl sites for hydroxylation is 1. The van der Waals surface area contributed by atoms with Crippen LogP contribution in [0.5, 0.6) is 0 Å². The molecule has 1 aromatic carbocycles. The number of hydrogen-bond donors (Lipinski definition) is 2. The van der Waals surface area contributed by atoms with Crippen molar-refractivity contribution in [2.75, 3.05) is 0 Å². The molecule has 0 aliphatic rings. The van der Waals surface area contributed by atoms with Crippen molar-refractivity contribution in [1.82, 2.24) is 4.98 Å². The Bertz CT molecular complexity index is 487. The molecule has 0 aliphatic heterocycles. The Morgan fingerprint density at radius 1 is 1.25 bits per heavy atom. The van der Waals surface area contributed by atoms with Crippen LogP contribution in [0.4, 0.5) is 0 Å². The van der Waals surface area contributed by atoms with Gasteiger partial charge in [-0.3, -0.25) is 4.79 Å². The fourth-order valence-corrected chi connectivity index (χ4v) is 1.96. The summed E-state index contributed by atoms with van der Waals surface area (Å²) in [6.45, 7) is 0. The molecule has 84 valence electrons. The molecule has 16 heavy (non-hydrogen) atoms. The number of carboxylic acids is 1. The number of aromatic nitrogens is 1. The monoisotopic (exact) mass is 217 g/mol. The van der Waals surface area contributed by atoms with Crippen LogP contribution in [0, 0.1) is 0 Å². The molecule has 0 radical (unpaired) electrons. The van der Waals surface area contributed by atoms with Crippen molar-refractivity contribution in [2.24, 2.45) is 0 Å². The predicted octanol–water partition coefficient (Wildman–Crippen LogP) is 2.97. The van der Waals surface area contributed by atoms with Gasteiger partial charge in [-0.2, -0.15) is 0 Å². The lowest BCUT2D eigenvalue weighted by Crippen LogP contribution is -1.95. The predicted molar refractivity (Wildman–Crippen MR) is 63.5 cm³/mol. The highest BCUT2D eigenvalue weighted by Crippen LogP contribution is 2.19. The summed E-state index contributed by atoms with van der Waals surface area (Å²) in [5, 5.41) is 9.79. The van der Waals surface area contributed by atoms with E-state index in [4.69, 9.17) is 5.11 Å². The van der Waals surface area contributed by atoms with Crippen LogP contribution in [0.3, 0.4) is 0 Å². The number of aliphatic carboxylic acids is 1. The first-order valence-electron chi connectivity index (χ1n) is 5.54. The maximum Gasteiger partial charge on any atom is 0.303 e. The Labute approximate surface area is 94.1 Å². The van der Waals surface area contributed by atoms with Crippen molar-refractivity contribution < 1.29 is 9.90 Å². The van der Waals surface area contributed by atoms with Crippen molar-refractivity contribution in [3.8, 4) is 0 Å². The molecule has 0 atom stereocenters. The second-order valence-electron chi connectivity index (χ2n) is 3.96.